The lowest BCUT2D eigenvalue weighted by molar-refractivity contribution is -0.151. The Hall–Kier alpha value is -3.98. The van der Waals surface area contributed by atoms with Crippen LogP contribution in [0.5, 0.6) is 11.5 Å². The summed E-state index contributed by atoms with van der Waals surface area (Å²) in [6.45, 7) is 1.44. The van der Waals surface area contributed by atoms with Crippen molar-refractivity contribution in [1.82, 2.24) is 14.8 Å². The second-order valence-electron chi connectivity index (χ2n) is 8.24. The minimum Gasteiger partial charge on any atom is -0.463 e. The molecule has 2 amide bonds. The summed E-state index contributed by atoms with van der Waals surface area (Å²) in [5.41, 5.74) is 2.40. The van der Waals surface area contributed by atoms with Crippen LogP contribution in [-0.2, 0) is 14.3 Å². The summed E-state index contributed by atoms with van der Waals surface area (Å²) >= 11 is 0. The van der Waals surface area contributed by atoms with Gasteiger partial charge in [0.15, 0.2) is 23.0 Å². The van der Waals surface area contributed by atoms with Crippen molar-refractivity contribution in [3.05, 3.63) is 65.5 Å². The van der Waals surface area contributed by atoms with Crippen LogP contribution in [0, 0.1) is 0 Å². The smallest absolute Gasteiger partial charge is 0.275 e. The summed E-state index contributed by atoms with van der Waals surface area (Å²) in [4.78, 5) is 32.9. The van der Waals surface area contributed by atoms with Crippen LogP contribution in [0.2, 0.25) is 0 Å². The number of hydrogen-bond acceptors (Lipinski definition) is 6. The van der Waals surface area contributed by atoms with E-state index in [1.807, 2.05) is 24.3 Å². The Kier molecular flexibility index (Phi) is 4.34. The number of rotatable bonds is 4. The Morgan fingerprint density at radius 3 is 2.82 bits per heavy atom. The molecule has 2 N–H and O–H groups in total. The lowest BCUT2D eigenvalue weighted by Crippen LogP contribution is -2.55. The third-order valence-corrected chi connectivity index (χ3v) is 6.27. The van der Waals surface area contributed by atoms with Crippen molar-refractivity contribution in [2.75, 3.05) is 19.9 Å². The van der Waals surface area contributed by atoms with Crippen LogP contribution in [-0.4, -0.2) is 57.7 Å². The Bertz CT molecular complexity index is 1330. The van der Waals surface area contributed by atoms with E-state index in [2.05, 4.69) is 4.98 Å². The molecule has 3 aliphatic heterocycles. The molecule has 168 valence electrons. The zero-order valence-corrected chi connectivity index (χ0v) is 17.8. The monoisotopic (exact) mass is 447 g/mol. The number of carbonyl (C=O) groups is 2. The molecule has 6 rings (SSSR count). The highest BCUT2D eigenvalue weighted by Gasteiger charge is 2.49. The van der Waals surface area contributed by atoms with Crippen LogP contribution in [0.1, 0.15) is 24.3 Å². The molecule has 0 bridgehead atoms. The summed E-state index contributed by atoms with van der Waals surface area (Å²) in [7, 11) is 0. The average molecular weight is 447 g/mol. The van der Waals surface area contributed by atoms with Gasteiger partial charge in [0, 0.05) is 28.2 Å². The van der Waals surface area contributed by atoms with E-state index >= 15 is 0 Å². The molecular formula is C24H21N3O6. The fourth-order valence-corrected chi connectivity index (χ4v) is 4.52. The number of aromatic amines is 1. The molecule has 4 heterocycles. The molecule has 33 heavy (non-hydrogen) atoms. The van der Waals surface area contributed by atoms with Crippen molar-refractivity contribution < 1.29 is 28.9 Å². The summed E-state index contributed by atoms with van der Waals surface area (Å²) in [6.07, 6.45) is 0.945. The number of carbonyl (C=O) groups excluding carboxylic acids is 2. The van der Waals surface area contributed by atoms with Gasteiger partial charge < -0.3 is 29.2 Å². The van der Waals surface area contributed by atoms with Gasteiger partial charge in [0.1, 0.15) is 6.54 Å². The van der Waals surface area contributed by atoms with Gasteiger partial charge in [-0.05, 0) is 31.2 Å². The van der Waals surface area contributed by atoms with Crippen molar-refractivity contribution in [1.29, 1.82) is 0 Å². The summed E-state index contributed by atoms with van der Waals surface area (Å²) in [6, 6.07) is 12.5. The van der Waals surface area contributed by atoms with Gasteiger partial charge in [-0.3, -0.25) is 14.5 Å². The predicted molar refractivity (Wildman–Crippen MR) is 117 cm³/mol. The lowest BCUT2D eigenvalue weighted by Gasteiger charge is -2.37. The van der Waals surface area contributed by atoms with Crippen molar-refractivity contribution in [2.24, 2.45) is 0 Å². The largest absolute Gasteiger partial charge is 0.463 e. The summed E-state index contributed by atoms with van der Waals surface area (Å²) in [5.74, 6) is 0.848. The first kappa shape index (κ1) is 19.7. The van der Waals surface area contributed by atoms with Gasteiger partial charge in [0.05, 0.1) is 12.6 Å². The van der Waals surface area contributed by atoms with Gasteiger partial charge in [-0.2, -0.15) is 0 Å². The molecule has 9 heteroatoms. The van der Waals surface area contributed by atoms with E-state index in [0.717, 1.165) is 10.9 Å². The highest BCUT2D eigenvalue weighted by Crippen LogP contribution is 2.46. The molecular weight excluding hydrogens is 426 g/mol. The predicted octanol–water partition coefficient (Wildman–Crippen LogP) is 2.35. The normalized spacial score (nSPS) is 20.5. The molecule has 2 aromatic carbocycles. The van der Waals surface area contributed by atoms with Crippen molar-refractivity contribution in [2.45, 2.75) is 19.2 Å². The van der Waals surface area contributed by atoms with E-state index in [0.29, 0.717) is 28.4 Å². The SMILES string of the molecule is CC(CO)N1CC(=O)N2C(=C(c3c[nH]c4ccccc34)O[C@@H]2c2ccc3c(c2)OCO3)C1=O. The number of ether oxygens (including phenoxy) is 3. The third kappa shape index (κ3) is 2.89. The van der Waals surface area contributed by atoms with Gasteiger partial charge in [-0.15, -0.1) is 0 Å². The van der Waals surface area contributed by atoms with Crippen molar-refractivity contribution in [3.8, 4) is 11.5 Å². The number of aromatic nitrogens is 1. The molecule has 0 radical (unpaired) electrons. The second-order valence-corrected chi connectivity index (χ2v) is 8.24. The zero-order valence-electron chi connectivity index (χ0n) is 17.8. The van der Waals surface area contributed by atoms with E-state index in [9.17, 15) is 14.7 Å². The standard InChI is InChI=1S/C24H21N3O6/c1-13(11-28)26-10-20(29)27-21(23(26)30)22(16-9-25-17-5-3-2-4-15(16)17)33-24(27)14-6-7-18-19(8-14)32-12-31-18/h2-9,13,24-25,28H,10-12H2,1H3/t13?,24-/m1/s1. The lowest BCUT2D eigenvalue weighted by atomic mass is 10.1. The summed E-state index contributed by atoms with van der Waals surface area (Å²) < 4.78 is 17.3. The molecule has 0 aliphatic carbocycles. The Balaban J connectivity index is 1.51. The van der Waals surface area contributed by atoms with Gasteiger partial charge in [-0.1, -0.05) is 18.2 Å². The topological polar surface area (TPSA) is 104 Å². The van der Waals surface area contributed by atoms with Crippen LogP contribution < -0.4 is 9.47 Å². The van der Waals surface area contributed by atoms with Crippen LogP contribution in [0.25, 0.3) is 16.7 Å². The first-order chi connectivity index (χ1) is 16.1. The highest BCUT2D eigenvalue weighted by atomic mass is 16.7. The van der Waals surface area contributed by atoms with Crippen molar-refractivity contribution >= 4 is 28.5 Å². The molecule has 9 nitrogen and oxygen atoms in total. The molecule has 3 aromatic rings. The Labute approximate surface area is 188 Å². The Morgan fingerprint density at radius 1 is 1.15 bits per heavy atom. The molecule has 2 atom stereocenters. The third-order valence-electron chi connectivity index (χ3n) is 6.27. The molecule has 1 fully saturated rings. The van der Waals surface area contributed by atoms with E-state index in [-0.39, 0.29) is 37.5 Å². The molecule has 3 aliphatic rings. The number of benzene rings is 2. The first-order valence-corrected chi connectivity index (χ1v) is 10.7. The molecule has 0 spiro atoms. The fraction of sp³-hybridized carbons (Fsp3) is 0.250. The molecule has 0 saturated carbocycles. The zero-order chi connectivity index (χ0) is 22.7. The number of nitrogens with one attached hydrogen (secondary N) is 1. The maximum absolute atomic E-state index is 13.6. The maximum Gasteiger partial charge on any atom is 0.275 e. The van der Waals surface area contributed by atoms with Gasteiger partial charge in [0.2, 0.25) is 18.9 Å². The van der Waals surface area contributed by atoms with Crippen LogP contribution >= 0.6 is 0 Å². The molecule has 1 unspecified atom stereocenters. The average Bonchev–Trinajstić information content (AvgIpc) is 3.56. The fourth-order valence-electron chi connectivity index (χ4n) is 4.52. The maximum atomic E-state index is 13.6. The number of fused-ring (bicyclic) bond motifs is 3. The van der Waals surface area contributed by atoms with E-state index < -0.39 is 12.3 Å². The van der Waals surface area contributed by atoms with E-state index in [1.54, 1.807) is 31.3 Å². The molecule has 1 aromatic heterocycles. The van der Waals surface area contributed by atoms with Crippen LogP contribution in [0.15, 0.2) is 54.4 Å². The summed E-state index contributed by atoms with van der Waals surface area (Å²) in [5, 5.41) is 10.5. The van der Waals surface area contributed by atoms with Crippen molar-refractivity contribution in [3.63, 3.8) is 0 Å². The van der Waals surface area contributed by atoms with E-state index in [1.165, 1.54) is 9.80 Å². The van der Waals surface area contributed by atoms with Crippen LogP contribution in [0.4, 0.5) is 0 Å². The van der Waals surface area contributed by atoms with Gasteiger partial charge in [0.25, 0.3) is 5.91 Å². The minimum atomic E-state index is -0.832. The number of H-pyrrole nitrogens is 1. The number of piperazine rings is 1. The number of hydrogen-bond donors (Lipinski definition) is 2. The number of para-hydroxylation sites is 1. The number of amides is 2. The van der Waals surface area contributed by atoms with Gasteiger partial charge in [-0.25, -0.2) is 0 Å². The Morgan fingerprint density at radius 2 is 1.97 bits per heavy atom. The van der Waals surface area contributed by atoms with E-state index in [4.69, 9.17) is 14.2 Å². The van der Waals surface area contributed by atoms with Crippen LogP contribution in [0.3, 0.4) is 0 Å². The highest BCUT2D eigenvalue weighted by molar-refractivity contribution is 6.10. The number of nitrogens with zero attached hydrogens (tertiary/aromatic N) is 2. The second kappa shape index (κ2) is 7.28. The van der Waals surface area contributed by atoms with Gasteiger partial charge >= 0.3 is 0 Å². The number of aliphatic hydroxyl groups excluding tert-OH is 1. The number of aliphatic hydroxyl groups is 1. The quantitative estimate of drug-likeness (QED) is 0.636. The first-order valence-electron chi connectivity index (χ1n) is 10.7. The minimum absolute atomic E-state index is 0.129. The molecule has 1 saturated heterocycles.